The number of halogens is 3. The fourth-order valence-electron chi connectivity index (χ4n) is 2.24. The summed E-state index contributed by atoms with van der Waals surface area (Å²) in [5.41, 5.74) is 1.20. The molecule has 23 heavy (non-hydrogen) atoms. The number of ether oxygens (including phenoxy) is 1. The van der Waals surface area contributed by atoms with Gasteiger partial charge in [0.2, 0.25) is 0 Å². The first-order valence-electron chi connectivity index (χ1n) is 7.69. The molecule has 0 radical (unpaired) electrons. The summed E-state index contributed by atoms with van der Waals surface area (Å²) in [6, 6.07) is 13.6. The van der Waals surface area contributed by atoms with E-state index in [1.54, 1.807) is 12.1 Å². The summed E-state index contributed by atoms with van der Waals surface area (Å²) in [5.74, 6) is 0.560. The summed E-state index contributed by atoms with van der Waals surface area (Å²) in [4.78, 5) is 2.31. The number of para-hydroxylation sites is 1. The summed E-state index contributed by atoms with van der Waals surface area (Å²) >= 11 is 18.1. The molecule has 0 saturated heterocycles. The van der Waals surface area contributed by atoms with Crippen LogP contribution in [0.5, 0.6) is 5.75 Å². The molecule has 0 fully saturated rings. The molecule has 5 heteroatoms. The Hall–Kier alpha value is -1.09. The number of anilines is 1. The molecule has 2 aromatic carbocycles. The maximum Gasteiger partial charge on any atom is 0.139 e. The fourth-order valence-corrected chi connectivity index (χ4v) is 2.83. The van der Waals surface area contributed by atoms with Crippen LogP contribution in [0.25, 0.3) is 0 Å². The predicted octanol–water partition coefficient (Wildman–Crippen LogP) is 6.33. The standard InChI is InChI=1S/C18H20Cl3NO/c1-2-3-9-22(14-7-5-4-6-8-14)10-11-23-18-13-16(20)15(19)12-17(18)21/h4-8,12-13H,2-3,9-11H2,1H3. The molecule has 0 N–H and O–H groups in total. The first kappa shape index (κ1) is 18.3. The van der Waals surface area contributed by atoms with Gasteiger partial charge in [-0.1, -0.05) is 66.3 Å². The highest BCUT2D eigenvalue weighted by molar-refractivity contribution is 6.43. The van der Waals surface area contributed by atoms with Crippen molar-refractivity contribution in [2.45, 2.75) is 19.8 Å². The molecule has 0 spiro atoms. The zero-order valence-electron chi connectivity index (χ0n) is 13.1. The van der Waals surface area contributed by atoms with Crippen LogP contribution in [-0.4, -0.2) is 19.7 Å². The van der Waals surface area contributed by atoms with Crippen LogP contribution in [0, 0.1) is 0 Å². The lowest BCUT2D eigenvalue weighted by molar-refractivity contribution is 0.323. The van der Waals surface area contributed by atoms with Crippen molar-refractivity contribution in [3.05, 3.63) is 57.5 Å². The van der Waals surface area contributed by atoms with Crippen LogP contribution in [0.15, 0.2) is 42.5 Å². The molecule has 0 atom stereocenters. The largest absolute Gasteiger partial charge is 0.490 e. The third-order valence-electron chi connectivity index (χ3n) is 3.50. The topological polar surface area (TPSA) is 12.5 Å². The Kier molecular flexibility index (Phi) is 7.35. The van der Waals surface area contributed by atoms with Crippen molar-refractivity contribution in [2.24, 2.45) is 0 Å². The minimum Gasteiger partial charge on any atom is -0.490 e. The molecule has 0 heterocycles. The molecule has 0 amide bonds. The maximum absolute atomic E-state index is 6.14. The van der Waals surface area contributed by atoms with Crippen molar-refractivity contribution in [2.75, 3.05) is 24.6 Å². The van der Waals surface area contributed by atoms with E-state index < -0.39 is 0 Å². The highest BCUT2D eigenvalue weighted by Crippen LogP contribution is 2.33. The van der Waals surface area contributed by atoms with Crippen LogP contribution in [-0.2, 0) is 0 Å². The van der Waals surface area contributed by atoms with E-state index in [4.69, 9.17) is 39.5 Å². The first-order chi connectivity index (χ1) is 11.1. The third kappa shape index (κ3) is 5.49. The Bertz CT molecular complexity index is 619. The predicted molar refractivity (Wildman–Crippen MR) is 101 cm³/mol. The monoisotopic (exact) mass is 371 g/mol. The van der Waals surface area contributed by atoms with Gasteiger partial charge in [0.25, 0.3) is 0 Å². The van der Waals surface area contributed by atoms with Gasteiger partial charge in [-0.15, -0.1) is 0 Å². The van der Waals surface area contributed by atoms with Crippen molar-refractivity contribution < 1.29 is 4.74 Å². The molecule has 2 nitrogen and oxygen atoms in total. The van der Waals surface area contributed by atoms with Crippen molar-refractivity contribution in [1.82, 2.24) is 0 Å². The second-order valence-electron chi connectivity index (χ2n) is 5.22. The SMILES string of the molecule is CCCCN(CCOc1cc(Cl)c(Cl)cc1Cl)c1ccccc1. The summed E-state index contributed by atoms with van der Waals surface area (Å²) in [7, 11) is 0. The molecule has 2 aromatic rings. The van der Waals surface area contributed by atoms with E-state index >= 15 is 0 Å². The van der Waals surface area contributed by atoms with Crippen molar-refractivity contribution in [1.29, 1.82) is 0 Å². The van der Waals surface area contributed by atoms with E-state index in [9.17, 15) is 0 Å². The average Bonchev–Trinajstić information content (AvgIpc) is 2.56. The lowest BCUT2D eigenvalue weighted by Crippen LogP contribution is -2.29. The van der Waals surface area contributed by atoms with Gasteiger partial charge in [0.15, 0.2) is 0 Å². The zero-order valence-corrected chi connectivity index (χ0v) is 15.3. The molecule has 0 aliphatic rings. The van der Waals surface area contributed by atoms with E-state index in [0.717, 1.165) is 25.9 Å². The zero-order chi connectivity index (χ0) is 16.7. The fraction of sp³-hybridized carbons (Fsp3) is 0.333. The van der Waals surface area contributed by atoms with Gasteiger partial charge < -0.3 is 9.64 Å². The lowest BCUT2D eigenvalue weighted by atomic mass is 10.2. The number of benzene rings is 2. The molecule has 0 aromatic heterocycles. The summed E-state index contributed by atoms with van der Waals surface area (Å²) in [6.45, 7) is 4.49. The molecule has 0 aliphatic heterocycles. The van der Waals surface area contributed by atoms with Gasteiger partial charge in [-0.3, -0.25) is 0 Å². The Morgan fingerprint density at radius 2 is 1.61 bits per heavy atom. The first-order valence-corrected chi connectivity index (χ1v) is 8.82. The Morgan fingerprint density at radius 3 is 2.30 bits per heavy atom. The van der Waals surface area contributed by atoms with Gasteiger partial charge >= 0.3 is 0 Å². The van der Waals surface area contributed by atoms with Crippen LogP contribution >= 0.6 is 34.8 Å². The normalized spacial score (nSPS) is 10.6. The van der Waals surface area contributed by atoms with Crippen molar-refractivity contribution in [3.8, 4) is 5.75 Å². The van der Waals surface area contributed by atoms with Gasteiger partial charge in [-0.25, -0.2) is 0 Å². The highest BCUT2D eigenvalue weighted by atomic mass is 35.5. The van der Waals surface area contributed by atoms with Crippen LogP contribution in [0.2, 0.25) is 15.1 Å². The smallest absolute Gasteiger partial charge is 0.139 e. The number of hydrogen-bond acceptors (Lipinski definition) is 2. The minimum absolute atomic E-state index is 0.429. The van der Waals surface area contributed by atoms with Crippen molar-refractivity contribution >= 4 is 40.5 Å². The molecule has 124 valence electrons. The Labute approximate surface area is 152 Å². The van der Waals surface area contributed by atoms with E-state index in [0.29, 0.717) is 27.4 Å². The van der Waals surface area contributed by atoms with Crippen LogP contribution in [0.1, 0.15) is 19.8 Å². The highest BCUT2D eigenvalue weighted by Gasteiger charge is 2.09. The minimum atomic E-state index is 0.429. The molecule has 2 rings (SSSR count). The number of nitrogens with zero attached hydrogens (tertiary/aromatic N) is 1. The Balaban J connectivity index is 1.97. The maximum atomic E-state index is 6.14. The van der Waals surface area contributed by atoms with Gasteiger partial charge in [-0.05, 0) is 24.6 Å². The average molecular weight is 373 g/mol. The number of rotatable bonds is 8. The summed E-state index contributed by atoms with van der Waals surface area (Å²) < 4.78 is 5.79. The molecular weight excluding hydrogens is 353 g/mol. The van der Waals surface area contributed by atoms with Gasteiger partial charge in [0.05, 0.1) is 21.6 Å². The molecular formula is C18H20Cl3NO. The molecule has 0 saturated carbocycles. The van der Waals surface area contributed by atoms with Gasteiger partial charge in [0, 0.05) is 18.3 Å². The van der Waals surface area contributed by atoms with Gasteiger partial charge in [0.1, 0.15) is 12.4 Å². The van der Waals surface area contributed by atoms with E-state index in [-0.39, 0.29) is 0 Å². The molecule has 0 bridgehead atoms. The molecule has 0 unspecified atom stereocenters. The summed E-state index contributed by atoms with van der Waals surface area (Å²) in [6.07, 6.45) is 2.30. The van der Waals surface area contributed by atoms with Gasteiger partial charge in [-0.2, -0.15) is 0 Å². The Morgan fingerprint density at radius 1 is 0.913 bits per heavy atom. The van der Waals surface area contributed by atoms with Crippen LogP contribution in [0.4, 0.5) is 5.69 Å². The van der Waals surface area contributed by atoms with E-state index in [2.05, 4.69) is 24.0 Å². The lowest BCUT2D eigenvalue weighted by Gasteiger charge is -2.25. The summed E-state index contributed by atoms with van der Waals surface area (Å²) in [5, 5.41) is 1.34. The number of unbranched alkanes of at least 4 members (excludes halogenated alkanes) is 1. The van der Waals surface area contributed by atoms with Crippen LogP contribution in [0.3, 0.4) is 0 Å². The van der Waals surface area contributed by atoms with Crippen molar-refractivity contribution in [3.63, 3.8) is 0 Å². The van der Waals surface area contributed by atoms with E-state index in [1.807, 2.05) is 18.2 Å². The second kappa shape index (κ2) is 9.27. The second-order valence-corrected chi connectivity index (χ2v) is 6.44. The quantitative estimate of drug-likeness (QED) is 0.502. The molecule has 0 aliphatic carbocycles. The third-order valence-corrected chi connectivity index (χ3v) is 4.51. The van der Waals surface area contributed by atoms with E-state index in [1.165, 1.54) is 5.69 Å². The van der Waals surface area contributed by atoms with Crippen LogP contribution < -0.4 is 9.64 Å². The number of hydrogen-bond donors (Lipinski definition) is 0.